The van der Waals surface area contributed by atoms with Crippen molar-refractivity contribution in [2.24, 2.45) is 35.5 Å². The molecule has 0 saturated carbocycles. The molecule has 0 aromatic rings. The topological polar surface area (TPSA) is 46.2 Å². The molecule has 110 valence electrons. The predicted octanol–water partition coefficient (Wildman–Crippen LogP) is 3.24. The first-order valence-corrected chi connectivity index (χ1v) is 7.57. The van der Waals surface area contributed by atoms with Crippen molar-refractivity contribution in [3.8, 4) is 0 Å². The van der Waals surface area contributed by atoms with Gasteiger partial charge in [0.05, 0.1) is 0 Å². The van der Waals surface area contributed by atoms with Crippen LogP contribution in [0.5, 0.6) is 0 Å². The van der Waals surface area contributed by atoms with E-state index < -0.39 is 0 Å². The standard InChI is InChI=1S/C16H29NO2/c1-9(2)12-7-13(10(3)4)15(11(5)6)16(19)17-14(18)8-12/h9-13,15H,7-8H2,1-6H3,(H,17,18,19). The van der Waals surface area contributed by atoms with Crippen molar-refractivity contribution in [2.45, 2.75) is 54.4 Å². The highest BCUT2D eigenvalue weighted by atomic mass is 16.2. The van der Waals surface area contributed by atoms with E-state index in [-0.39, 0.29) is 23.7 Å². The first-order valence-electron chi connectivity index (χ1n) is 7.57. The summed E-state index contributed by atoms with van der Waals surface area (Å²) in [6.07, 6.45) is 1.47. The highest BCUT2D eigenvalue weighted by Crippen LogP contribution is 2.37. The summed E-state index contributed by atoms with van der Waals surface area (Å²) in [7, 11) is 0. The molecule has 0 radical (unpaired) electrons. The van der Waals surface area contributed by atoms with Gasteiger partial charge in [-0.05, 0) is 36.0 Å². The number of carbonyl (C=O) groups excluding carboxylic acids is 2. The summed E-state index contributed by atoms with van der Waals surface area (Å²) >= 11 is 0. The van der Waals surface area contributed by atoms with Crippen LogP contribution in [-0.2, 0) is 9.59 Å². The lowest BCUT2D eigenvalue weighted by Gasteiger charge is -2.37. The van der Waals surface area contributed by atoms with Gasteiger partial charge >= 0.3 is 0 Å². The van der Waals surface area contributed by atoms with E-state index >= 15 is 0 Å². The zero-order valence-electron chi connectivity index (χ0n) is 13.2. The fraction of sp³-hybridized carbons (Fsp3) is 0.875. The van der Waals surface area contributed by atoms with E-state index in [2.05, 4.69) is 46.9 Å². The van der Waals surface area contributed by atoms with Crippen LogP contribution < -0.4 is 5.32 Å². The molecule has 2 amide bonds. The fourth-order valence-corrected chi connectivity index (χ4v) is 3.28. The molecule has 19 heavy (non-hydrogen) atoms. The van der Waals surface area contributed by atoms with Gasteiger partial charge in [-0.2, -0.15) is 0 Å². The first-order chi connectivity index (χ1) is 8.73. The quantitative estimate of drug-likeness (QED) is 0.798. The largest absolute Gasteiger partial charge is 0.296 e. The van der Waals surface area contributed by atoms with Crippen molar-refractivity contribution in [3.05, 3.63) is 0 Å². The van der Waals surface area contributed by atoms with E-state index in [1.807, 2.05) is 0 Å². The zero-order chi connectivity index (χ0) is 14.7. The Hall–Kier alpha value is -0.860. The number of hydrogen-bond donors (Lipinski definition) is 1. The number of amides is 2. The van der Waals surface area contributed by atoms with E-state index in [1.54, 1.807) is 0 Å². The number of carbonyl (C=O) groups is 2. The lowest BCUT2D eigenvalue weighted by Crippen LogP contribution is -2.46. The van der Waals surface area contributed by atoms with Crippen LogP contribution in [0.3, 0.4) is 0 Å². The Kier molecular flexibility index (Phi) is 5.57. The Labute approximate surface area is 117 Å². The molecule has 0 aromatic heterocycles. The number of nitrogens with one attached hydrogen (secondary N) is 1. The molecule has 1 N–H and O–H groups in total. The van der Waals surface area contributed by atoms with Gasteiger partial charge in [0, 0.05) is 12.3 Å². The van der Waals surface area contributed by atoms with Crippen LogP contribution in [0.25, 0.3) is 0 Å². The van der Waals surface area contributed by atoms with Crippen LogP contribution in [0, 0.1) is 35.5 Å². The lowest BCUT2D eigenvalue weighted by molar-refractivity contribution is -0.138. The minimum absolute atomic E-state index is 0.0505. The summed E-state index contributed by atoms with van der Waals surface area (Å²) in [6.45, 7) is 12.9. The van der Waals surface area contributed by atoms with Gasteiger partial charge in [-0.3, -0.25) is 14.9 Å². The number of rotatable bonds is 3. The first kappa shape index (κ1) is 16.2. The minimum Gasteiger partial charge on any atom is -0.296 e. The molecule has 1 aliphatic rings. The molecule has 3 unspecified atom stereocenters. The molecule has 3 atom stereocenters. The van der Waals surface area contributed by atoms with Crippen LogP contribution in [0.15, 0.2) is 0 Å². The molecule has 1 fully saturated rings. The maximum atomic E-state index is 12.3. The third-order valence-electron chi connectivity index (χ3n) is 4.57. The molecule has 0 spiro atoms. The Morgan fingerprint density at radius 2 is 1.53 bits per heavy atom. The van der Waals surface area contributed by atoms with Crippen molar-refractivity contribution >= 4 is 11.8 Å². The summed E-state index contributed by atoms with van der Waals surface area (Å²) in [4.78, 5) is 24.2. The SMILES string of the molecule is CC(C)C1CC(=O)NC(=O)C(C(C)C)C(C(C)C)C1. The van der Waals surface area contributed by atoms with Gasteiger partial charge in [-0.1, -0.05) is 41.5 Å². The Morgan fingerprint density at radius 3 is 1.95 bits per heavy atom. The van der Waals surface area contributed by atoms with Crippen LogP contribution in [0.2, 0.25) is 0 Å². The van der Waals surface area contributed by atoms with Crippen molar-refractivity contribution in [1.29, 1.82) is 0 Å². The number of imide groups is 1. The second-order valence-corrected chi connectivity index (χ2v) is 7.03. The molecule has 1 aliphatic heterocycles. The van der Waals surface area contributed by atoms with Gasteiger partial charge in [-0.15, -0.1) is 0 Å². The maximum Gasteiger partial charge on any atom is 0.230 e. The Morgan fingerprint density at radius 1 is 0.947 bits per heavy atom. The summed E-state index contributed by atoms with van der Waals surface area (Å²) in [5, 5.41) is 2.61. The normalized spacial score (nSPS) is 29.6. The minimum atomic E-state index is -0.100. The van der Waals surface area contributed by atoms with E-state index in [4.69, 9.17) is 0 Å². The molecular formula is C16H29NO2. The molecule has 3 nitrogen and oxygen atoms in total. The van der Waals surface area contributed by atoms with Crippen molar-refractivity contribution in [1.82, 2.24) is 5.32 Å². The van der Waals surface area contributed by atoms with E-state index in [1.165, 1.54) is 0 Å². The molecule has 0 aliphatic carbocycles. The second kappa shape index (κ2) is 6.53. The Bertz CT molecular complexity index is 334. The zero-order valence-corrected chi connectivity index (χ0v) is 13.2. The lowest BCUT2D eigenvalue weighted by atomic mass is 9.69. The van der Waals surface area contributed by atoms with Gasteiger partial charge in [0.25, 0.3) is 0 Å². The number of hydrogen-bond acceptors (Lipinski definition) is 2. The monoisotopic (exact) mass is 267 g/mol. The molecule has 0 aromatic carbocycles. The fourth-order valence-electron chi connectivity index (χ4n) is 3.28. The molecule has 1 rings (SSSR count). The van der Waals surface area contributed by atoms with E-state index in [9.17, 15) is 9.59 Å². The van der Waals surface area contributed by atoms with Crippen LogP contribution in [-0.4, -0.2) is 11.8 Å². The average Bonchev–Trinajstić information content (AvgIpc) is 2.23. The third kappa shape index (κ3) is 4.05. The van der Waals surface area contributed by atoms with Crippen molar-refractivity contribution < 1.29 is 9.59 Å². The highest BCUT2D eigenvalue weighted by molar-refractivity contribution is 5.96. The van der Waals surface area contributed by atoms with Gasteiger partial charge < -0.3 is 0 Å². The van der Waals surface area contributed by atoms with Gasteiger partial charge in [-0.25, -0.2) is 0 Å². The van der Waals surface area contributed by atoms with Gasteiger partial charge in [0.15, 0.2) is 0 Å². The van der Waals surface area contributed by atoms with E-state index in [0.29, 0.717) is 30.1 Å². The summed E-state index contributed by atoms with van der Waals surface area (Å²) < 4.78 is 0. The highest BCUT2D eigenvalue weighted by Gasteiger charge is 2.38. The summed E-state index contributed by atoms with van der Waals surface area (Å²) in [5.41, 5.74) is 0. The van der Waals surface area contributed by atoms with Gasteiger partial charge in [0.2, 0.25) is 11.8 Å². The second-order valence-electron chi connectivity index (χ2n) is 7.03. The van der Waals surface area contributed by atoms with E-state index in [0.717, 1.165) is 6.42 Å². The third-order valence-corrected chi connectivity index (χ3v) is 4.57. The van der Waals surface area contributed by atoms with Crippen molar-refractivity contribution in [2.75, 3.05) is 0 Å². The maximum absolute atomic E-state index is 12.3. The molecule has 1 saturated heterocycles. The van der Waals surface area contributed by atoms with Crippen LogP contribution in [0.4, 0.5) is 0 Å². The van der Waals surface area contributed by atoms with Crippen LogP contribution in [0.1, 0.15) is 54.4 Å². The summed E-state index contributed by atoms with van der Waals surface area (Å²) in [6, 6.07) is 0. The average molecular weight is 267 g/mol. The molecule has 3 heteroatoms. The van der Waals surface area contributed by atoms with Crippen molar-refractivity contribution in [3.63, 3.8) is 0 Å². The molecule has 1 heterocycles. The van der Waals surface area contributed by atoms with Gasteiger partial charge in [0.1, 0.15) is 0 Å². The summed E-state index contributed by atoms with van der Waals surface area (Å²) in [5.74, 6) is 1.73. The predicted molar refractivity (Wildman–Crippen MR) is 77.4 cm³/mol. The van der Waals surface area contributed by atoms with Crippen LogP contribution >= 0.6 is 0 Å². The molecular weight excluding hydrogens is 238 g/mol. The molecule has 0 bridgehead atoms. The smallest absolute Gasteiger partial charge is 0.230 e. The Balaban J connectivity index is 3.05.